The number of anilines is 2. The highest BCUT2D eigenvalue weighted by molar-refractivity contribution is 7.89. The molecule has 3 heterocycles. The van der Waals surface area contributed by atoms with Crippen LogP contribution >= 0.6 is 0 Å². The number of hydrogen-bond donors (Lipinski definition) is 2. The molecule has 1 aliphatic heterocycles. The average Bonchev–Trinajstić information content (AvgIpc) is 3.65. The third kappa shape index (κ3) is 5.63. The molecule has 6 rings (SSSR count). The lowest BCUT2D eigenvalue weighted by Crippen LogP contribution is -2.52. The van der Waals surface area contributed by atoms with Crippen LogP contribution in [0.5, 0.6) is 0 Å². The monoisotopic (exact) mass is 594 g/mol. The summed E-state index contributed by atoms with van der Waals surface area (Å²) in [7, 11) is -3.58. The second-order valence-corrected chi connectivity index (χ2v) is 15.5. The Morgan fingerprint density at radius 2 is 1.50 bits per heavy atom. The van der Waals surface area contributed by atoms with Crippen molar-refractivity contribution in [3.63, 3.8) is 0 Å². The van der Waals surface area contributed by atoms with Crippen molar-refractivity contribution in [3.8, 4) is 0 Å². The Kier molecular flexibility index (Phi) is 7.95. The summed E-state index contributed by atoms with van der Waals surface area (Å²) in [6, 6.07) is 8.33. The molecule has 1 aromatic carbocycles. The number of piperidine rings is 1. The summed E-state index contributed by atoms with van der Waals surface area (Å²) in [5.74, 6) is 1.04. The van der Waals surface area contributed by atoms with E-state index in [0.717, 1.165) is 49.7 Å². The minimum Gasteiger partial charge on any atom is -0.382 e. The van der Waals surface area contributed by atoms with Gasteiger partial charge in [0.25, 0.3) is 0 Å². The van der Waals surface area contributed by atoms with E-state index in [2.05, 4.69) is 35.2 Å². The van der Waals surface area contributed by atoms with Gasteiger partial charge >= 0.3 is 0 Å². The van der Waals surface area contributed by atoms with Gasteiger partial charge in [0.2, 0.25) is 16.0 Å². The highest BCUT2D eigenvalue weighted by Crippen LogP contribution is 2.36. The van der Waals surface area contributed by atoms with Gasteiger partial charge in [0.1, 0.15) is 5.52 Å². The third-order valence-corrected chi connectivity index (χ3v) is 11.6. The molecule has 0 amide bonds. The molecule has 228 valence electrons. The predicted molar refractivity (Wildman–Crippen MR) is 167 cm³/mol. The second-order valence-electron chi connectivity index (χ2n) is 13.6. The Balaban J connectivity index is 1.26. The number of nitrogens with zero attached hydrogens (tertiary/aromatic N) is 6. The van der Waals surface area contributed by atoms with Crippen molar-refractivity contribution in [3.05, 3.63) is 36.2 Å². The van der Waals surface area contributed by atoms with Gasteiger partial charge in [0, 0.05) is 37.3 Å². The zero-order chi connectivity index (χ0) is 29.6. The van der Waals surface area contributed by atoms with Gasteiger partial charge in [-0.05, 0) is 74.5 Å². The molecule has 1 saturated heterocycles. The van der Waals surface area contributed by atoms with E-state index >= 15 is 0 Å². The van der Waals surface area contributed by atoms with Gasteiger partial charge in [-0.2, -0.15) is 14.3 Å². The van der Waals surface area contributed by atoms with E-state index in [0.29, 0.717) is 54.2 Å². The summed E-state index contributed by atoms with van der Waals surface area (Å²) in [4.78, 5) is 17.2. The largest absolute Gasteiger partial charge is 0.382 e. The number of sulfonamides is 1. The van der Waals surface area contributed by atoms with Crippen molar-refractivity contribution in [2.24, 2.45) is 5.73 Å². The smallest absolute Gasteiger partial charge is 0.243 e. The standard InChI is InChI=1S/C31H46N8O2S/c1-31(2,3)21-8-14-26(15-9-21)42(40,41)37-18-16-25(17-19-37)39(24-12-10-22(32)11-13-24)30-35-28(33)27-29(36-30)38(20-34-27)23-6-4-5-7-23/h8-9,14-15,20,22-25H,4-7,10-13,16-19,32H2,1-3H3,(H2,33,35,36). The minimum absolute atomic E-state index is 0.0313. The number of nitrogen functional groups attached to an aromatic ring is 1. The SMILES string of the molecule is CC(C)(C)c1ccc(S(=O)(=O)N2CCC(N(c3nc(N)c4ncn(C5CCCC5)c4n3)C3CCC(N)CC3)CC2)cc1. The lowest BCUT2D eigenvalue weighted by Gasteiger charge is -2.44. The molecular weight excluding hydrogens is 548 g/mol. The average molecular weight is 595 g/mol. The summed E-state index contributed by atoms with van der Waals surface area (Å²) in [5, 5.41) is 0. The van der Waals surface area contributed by atoms with Crippen molar-refractivity contribution in [1.29, 1.82) is 0 Å². The van der Waals surface area contributed by atoms with Crippen LogP contribution in [0.25, 0.3) is 11.2 Å². The van der Waals surface area contributed by atoms with E-state index in [1.54, 1.807) is 16.4 Å². The molecule has 10 nitrogen and oxygen atoms in total. The molecule has 0 radical (unpaired) electrons. The van der Waals surface area contributed by atoms with Gasteiger partial charge in [-0.15, -0.1) is 0 Å². The maximum absolute atomic E-state index is 13.6. The molecular formula is C31H46N8O2S. The normalized spacial score (nSPS) is 23.5. The minimum atomic E-state index is -3.58. The van der Waals surface area contributed by atoms with Crippen LogP contribution in [0.1, 0.15) is 96.6 Å². The molecule has 42 heavy (non-hydrogen) atoms. The number of rotatable bonds is 6. The molecule has 0 bridgehead atoms. The Bertz CT molecular complexity index is 1490. The van der Waals surface area contributed by atoms with E-state index in [4.69, 9.17) is 21.4 Å². The van der Waals surface area contributed by atoms with Crippen LogP contribution in [0, 0.1) is 0 Å². The van der Waals surface area contributed by atoms with Crippen molar-refractivity contribution < 1.29 is 8.42 Å². The molecule has 2 aromatic heterocycles. The number of nitrogens with two attached hydrogens (primary N) is 2. The fourth-order valence-corrected chi connectivity index (χ4v) is 8.60. The van der Waals surface area contributed by atoms with E-state index < -0.39 is 10.0 Å². The van der Waals surface area contributed by atoms with E-state index in [-0.39, 0.29) is 23.5 Å². The van der Waals surface area contributed by atoms with Crippen LogP contribution < -0.4 is 16.4 Å². The molecule has 4 N–H and O–H groups in total. The molecule has 3 aromatic rings. The van der Waals surface area contributed by atoms with Crippen LogP contribution in [0.3, 0.4) is 0 Å². The number of fused-ring (bicyclic) bond motifs is 1. The van der Waals surface area contributed by atoms with Crippen molar-refractivity contribution in [1.82, 2.24) is 23.8 Å². The lowest BCUT2D eigenvalue weighted by molar-refractivity contribution is 0.277. The molecule has 11 heteroatoms. The predicted octanol–water partition coefficient (Wildman–Crippen LogP) is 4.75. The highest BCUT2D eigenvalue weighted by Gasteiger charge is 2.37. The third-order valence-electron chi connectivity index (χ3n) is 9.70. The molecule has 0 unspecified atom stereocenters. The van der Waals surface area contributed by atoms with Gasteiger partial charge in [0.05, 0.1) is 11.2 Å². The van der Waals surface area contributed by atoms with Crippen LogP contribution in [-0.2, 0) is 15.4 Å². The highest BCUT2D eigenvalue weighted by atomic mass is 32.2. The Labute approximate surface area is 249 Å². The second kappa shape index (κ2) is 11.4. The zero-order valence-electron chi connectivity index (χ0n) is 25.2. The van der Waals surface area contributed by atoms with E-state index in [1.165, 1.54) is 12.8 Å². The fraction of sp³-hybridized carbons (Fsp3) is 0.645. The molecule has 0 atom stereocenters. The van der Waals surface area contributed by atoms with Gasteiger partial charge in [0.15, 0.2) is 11.5 Å². The Hall–Kier alpha value is -2.76. The molecule has 3 aliphatic rings. The van der Waals surface area contributed by atoms with Crippen LogP contribution in [-0.4, -0.2) is 63.5 Å². The van der Waals surface area contributed by atoms with E-state index in [1.807, 2.05) is 18.5 Å². The summed E-state index contributed by atoms with van der Waals surface area (Å²) in [6.45, 7) is 7.29. The fourth-order valence-electron chi connectivity index (χ4n) is 7.13. The molecule has 3 fully saturated rings. The Morgan fingerprint density at radius 1 is 0.881 bits per heavy atom. The van der Waals surface area contributed by atoms with Gasteiger partial charge in [-0.25, -0.2) is 13.4 Å². The molecule has 2 aliphatic carbocycles. The quantitative estimate of drug-likeness (QED) is 0.417. The van der Waals surface area contributed by atoms with Crippen molar-refractivity contribution in [2.75, 3.05) is 23.7 Å². The summed E-state index contributed by atoms with van der Waals surface area (Å²) >= 11 is 0. The summed E-state index contributed by atoms with van der Waals surface area (Å²) < 4.78 is 31.0. The molecule has 2 saturated carbocycles. The maximum atomic E-state index is 13.6. The first-order valence-electron chi connectivity index (χ1n) is 15.7. The van der Waals surface area contributed by atoms with E-state index in [9.17, 15) is 8.42 Å². The van der Waals surface area contributed by atoms with Crippen LogP contribution in [0.4, 0.5) is 11.8 Å². The first kappa shape index (κ1) is 29.3. The topological polar surface area (TPSA) is 136 Å². The number of imidazole rings is 1. The van der Waals surface area contributed by atoms with Gasteiger partial charge < -0.3 is 20.9 Å². The zero-order valence-corrected chi connectivity index (χ0v) is 26.1. The first-order chi connectivity index (χ1) is 20.0. The summed E-state index contributed by atoms with van der Waals surface area (Å²) in [6.07, 6.45) is 11.8. The van der Waals surface area contributed by atoms with Crippen molar-refractivity contribution >= 4 is 33.0 Å². The number of aromatic nitrogens is 4. The first-order valence-corrected chi connectivity index (χ1v) is 17.1. The van der Waals surface area contributed by atoms with Crippen LogP contribution in [0.2, 0.25) is 0 Å². The summed E-state index contributed by atoms with van der Waals surface area (Å²) in [5.41, 5.74) is 15.4. The lowest BCUT2D eigenvalue weighted by atomic mass is 9.87. The van der Waals surface area contributed by atoms with Crippen LogP contribution in [0.15, 0.2) is 35.5 Å². The number of hydrogen-bond acceptors (Lipinski definition) is 8. The van der Waals surface area contributed by atoms with Crippen molar-refractivity contribution in [2.45, 2.75) is 119 Å². The Morgan fingerprint density at radius 3 is 2.12 bits per heavy atom. The van der Waals surface area contributed by atoms with Gasteiger partial charge in [-0.3, -0.25) is 0 Å². The number of benzene rings is 1. The molecule has 0 spiro atoms. The maximum Gasteiger partial charge on any atom is 0.243 e. The van der Waals surface area contributed by atoms with Gasteiger partial charge in [-0.1, -0.05) is 45.7 Å².